The Hall–Kier alpha value is -1.78. The molecule has 0 radical (unpaired) electrons. The van der Waals surface area contributed by atoms with Gasteiger partial charge in [-0.05, 0) is 32.2 Å². The van der Waals surface area contributed by atoms with Gasteiger partial charge in [-0.3, -0.25) is 0 Å². The molecule has 5 heteroatoms. The lowest BCUT2D eigenvalue weighted by Crippen LogP contribution is -2.57. The van der Waals surface area contributed by atoms with Crippen molar-refractivity contribution in [1.82, 2.24) is 5.32 Å². The van der Waals surface area contributed by atoms with Crippen LogP contribution in [0.4, 0.5) is 0 Å². The first-order valence-corrected chi connectivity index (χ1v) is 5.14. The number of dihydropyridines is 1. The molecule has 1 aliphatic rings. The number of hydrogen-bond donors (Lipinski definition) is 1. The summed E-state index contributed by atoms with van der Waals surface area (Å²) in [7, 11) is 0. The van der Waals surface area contributed by atoms with E-state index < -0.39 is 17.5 Å². The first kappa shape index (κ1) is 12.3. The molecule has 0 unspecified atom stereocenters. The van der Waals surface area contributed by atoms with E-state index in [4.69, 9.17) is 9.47 Å². The Balaban J connectivity index is 2.93. The zero-order valence-electron chi connectivity index (χ0n) is 9.36. The molecule has 0 aromatic carbocycles. The topological polar surface area (TPSA) is 64.6 Å². The second kappa shape index (κ2) is 5.34. The van der Waals surface area contributed by atoms with Gasteiger partial charge in [-0.2, -0.15) is 0 Å². The van der Waals surface area contributed by atoms with Crippen molar-refractivity contribution in [1.29, 1.82) is 0 Å². The molecule has 0 bridgehead atoms. The standard InChI is InChI=1S/C11H15NO4/c1-3-15-9(13)11(10(14)16-4-2)7-5-6-8-12-11/h5-8,12H,3-4H2,1-2H3. The summed E-state index contributed by atoms with van der Waals surface area (Å²) in [4.78, 5) is 23.5. The Morgan fingerprint density at radius 3 is 2.06 bits per heavy atom. The maximum absolute atomic E-state index is 11.8. The number of hydrogen-bond acceptors (Lipinski definition) is 5. The van der Waals surface area contributed by atoms with Crippen molar-refractivity contribution >= 4 is 11.9 Å². The Bertz CT molecular complexity index is 315. The molecule has 0 aromatic heterocycles. The summed E-state index contributed by atoms with van der Waals surface area (Å²) in [5.74, 6) is -1.32. The molecule has 1 aliphatic heterocycles. The van der Waals surface area contributed by atoms with E-state index in [9.17, 15) is 9.59 Å². The van der Waals surface area contributed by atoms with Crippen LogP contribution in [0.2, 0.25) is 0 Å². The molecule has 0 amide bonds. The quantitative estimate of drug-likeness (QED) is 0.558. The van der Waals surface area contributed by atoms with Gasteiger partial charge in [0.05, 0.1) is 13.2 Å². The summed E-state index contributed by atoms with van der Waals surface area (Å²) >= 11 is 0. The average molecular weight is 225 g/mol. The van der Waals surface area contributed by atoms with Gasteiger partial charge in [0.15, 0.2) is 0 Å². The number of esters is 2. The van der Waals surface area contributed by atoms with Crippen LogP contribution in [0.15, 0.2) is 24.4 Å². The second-order valence-electron chi connectivity index (χ2n) is 3.11. The maximum atomic E-state index is 11.8. The van der Waals surface area contributed by atoms with E-state index in [-0.39, 0.29) is 13.2 Å². The van der Waals surface area contributed by atoms with Crippen molar-refractivity contribution < 1.29 is 19.1 Å². The van der Waals surface area contributed by atoms with Gasteiger partial charge >= 0.3 is 11.9 Å². The Kier molecular flexibility index (Phi) is 4.10. The van der Waals surface area contributed by atoms with Crippen molar-refractivity contribution in [3.8, 4) is 0 Å². The van der Waals surface area contributed by atoms with E-state index in [1.54, 1.807) is 26.0 Å². The van der Waals surface area contributed by atoms with Crippen LogP contribution in [0.1, 0.15) is 13.8 Å². The minimum Gasteiger partial charge on any atom is -0.464 e. The minimum atomic E-state index is -1.54. The van der Waals surface area contributed by atoms with Crippen LogP contribution in [0.25, 0.3) is 0 Å². The summed E-state index contributed by atoms with van der Waals surface area (Å²) < 4.78 is 9.73. The van der Waals surface area contributed by atoms with Crippen molar-refractivity contribution in [3.63, 3.8) is 0 Å². The minimum absolute atomic E-state index is 0.208. The fourth-order valence-electron chi connectivity index (χ4n) is 1.31. The smallest absolute Gasteiger partial charge is 0.347 e. The highest BCUT2D eigenvalue weighted by atomic mass is 16.6. The third-order valence-corrected chi connectivity index (χ3v) is 2.06. The zero-order valence-corrected chi connectivity index (χ0v) is 9.36. The number of carbonyl (C=O) groups is 2. The number of ether oxygens (including phenoxy) is 2. The number of allylic oxidation sites excluding steroid dienone is 2. The number of rotatable bonds is 4. The maximum Gasteiger partial charge on any atom is 0.347 e. The Morgan fingerprint density at radius 1 is 1.12 bits per heavy atom. The van der Waals surface area contributed by atoms with Gasteiger partial charge in [-0.1, -0.05) is 6.08 Å². The summed E-state index contributed by atoms with van der Waals surface area (Å²) in [6, 6.07) is 0. The van der Waals surface area contributed by atoms with Gasteiger partial charge in [0.25, 0.3) is 5.54 Å². The number of nitrogens with one attached hydrogen (secondary N) is 1. The van der Waals surface area contributed by atoms with Gasteiger partial charge in [0.2, 0.25) is 0 Å². The van der Waals surface area contributed by atoms with Gasteiger partial charge in [0, 0.05) is 0 Å². The molecule has 1 rings (SSSR count). The van der Waals surface area contributed by atoms with Crippen molar-refractivity contribution in [3.05, 3.63) is 24.4 Å². The lowest BCUT2D eigenvalue weighted by Gasteiger charge is -2.27. The Labute approximate surface area is 94.1 Å². The molecule has 0 saturated carbocycles. The lowest BCUT2D eigenvalue weighted by atomic mass is 9.97. The second-order valence-corrected chi connectivity index (χ2v) is 3.11. The molecule has 16 heavy (non-hydrogen) atoms. The van der Waals surface area contributed by atoms with Gasteiger partial charge in [0.1, 0.15) is 0 Å². The molecule has 0 atom stereocenters. The molecule has 1 N–H and O–H groups in total. The van der Waals surface area contributed by atoms with E-state index in [0.29, 0.717) is 0 Å². The predicted octanol–water partition coefficient (Wildman–Crippen LogP) is 0.524. The average Bonchev–Trinajstić information content (AvgIpc) is 2.30. The van der Waals surface area contributed by atoms with Crippen molar-refractivity contribution in [2.24, 2.45) is 0 Å². The highest BCUT2D eigenvalue weighted by molar-refractivity contribution is 6.07. The fraction of sp³-hybridized carbons (Fsp3) is 0.455. The Morgan fingerprint density at radius 2 is 1.69 bits per heavy atom. The normalized spacial score (nSPS) is 16.4. The van der Waals surface area contributed by atoms with Crippen molar-refractivity contribution in [2.75, 3.05) is 13.2 Å². The van der Waals surface area contributed by atoms with E-state index in [2.05, 4.69) is 5.32 Å². The first-order chi connectivity index (χ1) is 7.67. The summed E-state index contributed by atoms with van der Waals surface area (Å²) in [6.07, 6.45) is 6.22. The van der Waals surface area contributed by atoms with Crippen LogP contribution in [-0.4, -0.2) is 30.7 Å². The molecular weight excluding hydrogens is 210 g/mol. The third kappa shape index (κ3) is 2.24. The van der Waals surface area contributed by atoms with E-state index in [1.165, 1.54) is 12.3 Å². The van der Waals surface area contributed by atoms with Crippen LogP contribution in [0, 0.1) is 0 Å². The van der Waals surface area contributed by atoms with E-state index >= 15 is 0 Å². The molecule has 0 spiro atoms. The van der Waals surface area contributed by atoms with Crippen LogP contribution in [0.5, 0.6) is 0 Å². The van der Waals surface area contributed by atoms with Crippen LogP contribution in [-0.2, 0) is 19.1 Å². The van der Waals surface area contributed by atoms with Crippen molar-refractivity contribution in [2.45, 2.75) is 19.4 Å². The number of carbonyl (C=O) groups excluding carboxylic acids is 2. The summed E-state index contributed by atoms with van der Waals surface area (Å²) in [6.45, 7) is 3.77. The monoisotopic (exact) mass is 225 g/mol. The van der Waals surface area contributed by atoms with Crippen LogP contribution in [0.3, 0.4) is 0 Å². The SMILES string of the molecule is CCOC(=O)C1(C(=O)OCC)C=CC=CN1. The van der Waals surface area contributed by atoms with Crippen LogP contribution >= 0.6 is 0 Å². The fourth-order valence-corrected chi connectivity index (χ4v) is 1.31. The van der Waals surface area contributed by atoms with Crippen LogP contribution < -0.4 is 5.32 Å². The molecule has 0 aliphatic carbocycles. The first-order valence-electron chi connectivity index (χ1n) is 5.14. The van der Waals surface area contributed by atoms with Gasteiger partial charge in [-0.25, -0.2) is 9.59 Å². The molecular formula is C11H15NO4. The highest BCUT2D eigenvalue weighted by Gasteiger charge is 2.46. The lowest BCUT2D eigenvalue weighted by molar-refractivity contribution is -0.162. The van der Waals surface area contributed by atoms with Gasteiger partial charge in [-0.15, -0.1) is 0 Å². The molecule has 0 fully saturated rings. The largest absolute Gasteiger partial charge is 0.464 e. The molecule has 5 nitrogen and oxygen atoms in total. The molecule has 0 saturated heterocycles. The molecule has 88 valence electrons. The zero-order chi connectivity index (χ0) is 12.0. The highest BCUT2D eigenvalue weighted by Crippen LogP contribution is 2.16. The third-order valence-electron chi connectivity index (χ3n) is 2.06. The van der Waals surface area contributed by atoms with Gasteiger partial charge < -0.3 is 14.8 Å². The summed E-state index contributed by atoms with van der Waals surface area (Å²) in [5, 5.41) is 2.69. The van der Waals surface area contributed by atoms with E-state index in [1.807, 2.05) is 0 Å². The summed E-state index contributed by atoms with van der Waals surface area (Å²) in [5.41, 5.74) is -1.54. The molecule has 0 aromatic rings. The molecule has 1 heterocycles. The van der Waals surface area contributed by atoms with E-state index in [0.717, 1.165) is 0 Å². The predicted molar refractivity (Wildman–Crippen MR) is 57.4 cm³/mol.